The fourth-order valence-corrected chi connectivity index (χ4v) is 3.09. The van der Waals surface area contributed by atoms with E-state index < -0.39 is 34.8 Å². The van der Waals surface area contributed by atoms with E-state index in [9.17, 15) is 18.0 Å². The highest BCUT2D eigenvalue weighted by Crippen LogP contribution is 2.48. The number of hydrogen-bond acceptors (Lipinski definition) is 3. The number of aromatic nitrogens is 3. The van der Waals surface area contributed by atoms with Crippen molar-refractivity contribution in [1.82, 2.24) is 14.3 Å². The van der Waals surface area contributed by atoms with Crippen molar-refractivity contribution in [2.75, 3.05) is 6.61 Å². The largest absolute Gasteiger partial charge is 0.362 e. The van der Waals surface area contributed by atoms with Crippen molar-refractivity contribution < 1.29 is 17.9 Å². The van der Waals surface area contributed by atoms with Gasteiger partial charge in [0.15, 0.2) is 0 Å². The van der Waals surface area contributed by atoms with Gasteiger partial charge < -0.3 is 4.74 Å². The zero-order valence-corrected chi connectivity index (χ0v) is 13.7. The maximum atomic E-state index is 14.2. The van der Waals surface area contributed by atoms with Crippen molar-refractivity contribution in [2.45, 2.75) is 18.6 Å². The van der Waals surface area contributed by atoms with E-state index in [2.05, 4.69) is 5.10 Å². The van der Waals surface area contributed by atoms with Crippen molar-refractivity contribution in [1.29, 1.82) is 0 Å². The van der Waals surface area contributed by atoms with E-state index in [-0.39, 0.29) is 12.2 Å². The Bertz CT molecular complexity index is 1020. The second-order valence-electron chi connectivity index (χ2n) is 6.18. The third-order valence-electron chi connectivity index (χ3n) is 4.68. The first kappa shape index (κ1) is 16.6. The fourth-order valence-electron chi connectivity index (χ4n) is 3.09. The van der Waals surface area contributed by atoms with Crippen LogP contribution in [-0.4, -0.2) is 21.0 Å². The summed E-state index contributed by atoms with van der Waals surface area (Å²) in [7, 11) is 0. The predicted molar refractivity (Wildman–Crippen MR) is 86.5 cm³/mol. The Morgan fingerprint density at radius 2 is 1.77 bits per heavy atom. The molecule has 0 saturated carbocycles. The molecule has 0 bridgehead atoms. The van der Waals surface area contributed by atoms with Gasteiger partial charge in [0.05, 0.1) is 18.3 Å². The van der Waals surface area contributed by atoms with Crippen molar-refractivity contribution in [3.05, 3.63) is 82.3 Å². The fraction of sp³-hybridized carbons (Fsp3) is 0.222. The summed E-state index contributed by atoms with van der Waals surface area (Å²) < 4.78 is 48.4. The summed E-state index contributed by atoms with van der Waals surface area (Å²) >= 11 is 0. The molecule has 5 nitrogen and oxygen atoms in total. The SMILES string of the molecule is C[C@@H](n1ncn(-c2ccc(F)cc2)c1=O)[C@]1(c2ccc(F)cc2F)CO1. The van der Waals surface area contributed by atoms with E-state index in [0.717, 1.165) is 12.1 Å². The van der Waals surface area contributed by atoms with E-state index in [1.165, 1.54) is 45.9 Å². The molecule has 4 rings (SSSR count). The molecule has 134 valence electrons. The summed E-state index contributed by atoms with van der Waals surface area (Å²) in [5.74, 6) is -1.84. The lowest BCUT2D eigenvalue weighted by Crippen LogP contribution is -2.33. The van der Waals surface area contributed by atoms with Crippen LogP contribution in [0.1, 0.15) is 18.5 Å². The van der Waals surface area contributed by atoms with Gasteiger partial charge in [-0.2, -0.15) is 5.10 Å². The Morgan fingerprint density at radius 1 is 1.12 bits per heavy atom. The summed E-state index contributed by atoms with van der Waals surface area (Å²) in [4.78, 5) is 12.7. The van der Waals surface area contributed by atoms with Gasteiger partial charge in [0, 0.05) is 11.6 Å². The molecule has 3 aromatic rings. The minimum Gasteiger partial charge on any atom is -0.362 e. The highest BCUT2D eigenvalue weighted by Gasteiger charge is 2.54. The number of halogens is 3. The quantitative estimate of drug-likeness (QED) is 0.672. The number of hydrogen-bond donors (Lipinski definition) is 0. The van der Waals surface area contributed by atoms with Crippen LogP contribution in [-0.2, 0) is 10.3 Å². The molecule has 0 spiro atoms. The standard InChI is InChI=1S/C18H14F3N3O2/c1-11(18(9-26-18)15-7-4-13(20)8-16(15)21)24-17(25)23(10-22-24)14-5-2-12(19)3-6-14/h2-8,10-11H,9H2,1H3/t11-,18+/m1/s1. The molecule has 2 heterocycles. The van der Waals surface area contributed by atoms with Gasteiger partial charge in [-0.05, 0) is 37.3 Å². The van der Waals surface area contributed by atoms with Crippen molar-refractivity contribution in [2.24, 2.45) is 0 Å². The number of ether oxygens (including phenoxy) is 1. The molecule has 1 fully saturated rings. The van der Waals surface area contributed by atoms with E-state index in [0.29, 0.717) is 5.69 Å². The lowest BCUT2D eigenvalue weighted by atomic mass is 9.92. The molecular weight excluding hydrogens is 347 g/mol. The average molecular weight is 361 g/mol. The van der Waals surface area contributed by atoms with Crippen LogP contribution in [0.25, 0.3) is 5.69 Å². The molecule has 0 unspecified atom stereocenters. The zero-order valence-electron chi connectivity index (χ0n) is 13.7. The molecular formula is C18H14F3N3O2. The van der Waals surface area contributed by atoms with Crippen LogP contribution in [0, 0.1) is 17.5 Å². The van der Waals surface area contributed by atoms with Crippen LogP contribution in [0.5, 0.6) is 0 Å². The lowest BCUT2D eigenvalue weighted by molar-refractivity contribution is 0.211. The van der Waals surface area contributed by atoms with Crippen molar-refractivity contribution in [3.63, 3.8) is 0 Å². The van der Waals surface area contributed by atoms with Gasteiger partial charge in [0.1, 0.15) is 29.4 Å². The Hall–Kier alpha value is -2.87. The van der Waals surface area contributed by atoms with Crippen LogP contribution < -0.4 is 5.69 Å². The molecule has 1 saturated heterocycles. The number of nitrogens with zero attached hydrogens (tertiary/aromatic N) is 3. The van der Waals surface area contributed by atoms with Gasteiger partial charge >= 0.3 is 5.69 Å². The monoisotopic (exact) mass is 361 g/mol. The first-order chi connectivity index (χ1) is 12.4. The maximum Gasteiger partial charge on any atom is 0.350 e. The molecule has 2 atom stereocenters. The predicted octanol–water partition coefficient (Wildman–Crippen LogP) is 2.94. The van der Waals surface area contributed by atoms with Crippen LogP contribution in [0.3, 0.4) is 0 Å². The van der Waals surface area contributed by atoms with Gasteiger partial charge in [-0.15, -0.1) is 0 Å². The Labute approximate surface area is 146 Å². The van der Waals surface area contributed by atoms with Crippen molar-refractivity contribution >= 4 is 0 Å². The first-order valence-corrected chi connectivity index (χ1v) is 7.94. The van der Waals surface area contributed by atoms with Crippen LogP contribution in [0.2, 0.25) is 0 Å². The highest BCUT2D eigenvalue weighted by atomic mass is 19.1. The third kappa shape index (κ3) is 2.53. The maximum absolute atomic E-state index is 14.2. The molecule has 0 N–H and O–H groups in total. The topological polar surface area (TPSA) is 52.4 Å². The van der Waals surface area contributed by atoms with E-state index in [1.807, 2.05) is 0 Å². The molecule has 0 amide bonds. The lowest BCUT2D eigenvalue weighted by Gasteiger charge is -2.20. The minimum absolute atomic E-state index is 0.176. The third-order valence-corrected chi connectivity index (χ3v) is 4.68. The number of benzene rings is 2. The summed E-state index contributed by atoms with van der Waals surface area (Å²) in [6.07, 6.45) is 1.31. The molecule has 1 aliphatic heterocycles. The molecule has 1 aliphatic rings. The second kappa shape index (κ2) is 5.84. The Kier molecular flexibility index (Phi) is 3.73. The smallest absolute Gasteiger partial charge is 0.350 e. The van der Waals surface area contributed by atoms with Gasteiger partial charge in [-0.3, -0.25) is 0 Å². The summed E-state index contributed by atoms with van der Waals surface area (Å²) in [6, 6.07) is 8.00. The summed E-state index contributed by atoms with van der Waals surface area (Å²) in [5, 5.41) is 4.09. The van der Waals surface area contributed by atoms with Crippen LogP contribution >= 0.6 is 0 Å². The molecule has 0 radical (unpaired) electrons. The van der Waals surface area contributed by atoms with Gasteiger partial charge in [-0.25, -0.2) is 27.2 Å². The van der Waals surface area contributed by atoms with Gasteiger partial charge in [-0.1, -0.05) is 6.07 Å². The molecule has 1 aromatic heterocycles. The normalized spacial score (nSPS) is 20.2. The van der Waals surface area contributed by atoms with E-state index in [1.54, 1.807) is 6.92 Å². The average Bonchev–Trinajstić information content (AvgIpc) is 3.32. The molecule has 8 heteroatoms. The molecule has 2 aromatic carbocycles. The van der Waals surface area contributed by atoms with Crippen LogP contribution in [0.4, 0.5) is 13.2 Å². The van der Waals surface area contributed by atoms with E-state index >= 15 is 0 Å². The summed E-state index contributed by atoms with van der Waals surface area (Å²) in [5.41, 5.74) is -0.923. The Morgan fingerprint density at radius 3 is 2.38 bits per heavy atom. The van der Waals surface area contributed by atoms with Gasteiger partial charge in [0.2, 0.25) is 0 Å². The zero-order chi connectivity index (χ0) is 18.5. The molecule has 26 heavy (non-hydrogen) atoms. The van der Waals surface area contributed by atoms with Crippen molar-refractivity contribution in [3.8, 4) is 5.69 Å². The number of epoxide rings is 1. The summed E-state index contributed by atoms with van der Waals surface area (Å²) in [6.45, 7) is 1.87. The van der Waals surface area contributed by atoms with Crippen LogP contribution in [0.15, 0.2) is 53.6 Å². The molecule has 0 aliphatic carbocycles. The number of rotatable bonds is 4. The minimum atomic E-state index is -1.08. The van der Waals surface area contributed by atoms with Gasteiger partial charge in [0.25, 0.3) is 0 Å². The second-order valence-corrected chi connectivity index (χ2v) is 6.18. The van der Waals surface area contributed by atoms with E-state index in [4.69, 9.17) is 4.74 Å². The highest BCUT2D eigenvalue weighted by molar-refractivity contribution is 5.32. The Balaban J connectivity index is 1.72. The first-order valence-electron chi connectivity index (χ1n) is 7.94.